The Morgan fingerprint density at radius 3 is 2.62 bits per heavy atom. The Morgan fingerprint density at radius 1 is 1.29 bits per heavy atom. The van der Waals surface area contributed by atoms with E-state index in [9.17, 15) is 13.2 Å². The predicted octanol–water partition coefficient (Wildman–Crippen LogP) is 4.59. The van der Waals surface area contributed by atoms with Gasteiger partial charge in [0.1, 0.15) is 0 Å². The summed E-state index contributed by atoms with van der Waals surface area (Å²) in [5.41, 5.74) is 0.0185. The third-order valence-corrected chi connectivity index (χ3v) is 5.06. The Labute approximate surface area is 155 Å². The molecule has 0 aliphatic carbocycles. The minimum absolute atomic E-state index is 0. The normalized spacial score (nSPS) is 18.4. The molecule has 0 unspecified atom stereocenters. The molecule has 1 aromatic heterocycles. The molecule has 0 bridgehead atoms. The van der Waals surface area contributed by atoms with Gasteiger partial charge in [-0.05, 0) is 24.1 Å². The van der Waals surface area contributed by atoms with Gasteiger partial charge < -0.3 is 10.2 Å². The largest absolute Gasteiger partial charge is 0.416 e. The van der Waals surface area contributed by atoms with Crippen LogP contribution in [0.2, 0.25) is 0 Å². The number of halogens is 5. The maximum Gasteiger partial charge on any atom is 0.416 e. The van der Waals surface area contributed by atoms with Crippen LogP contribution in [0.4, 0.5) is 18.3 Å². The lowest BCUT2D eigenvalue weighted by atomic mass is 10.0. The second-order valence-corrected chi connectivity index (χ2v) is 6.89. The minimum atomic E-state index is -4.31. The molecule has 2 aromatic rings. The van der Waals surface area contributed by atoms with Crippen LogP contribution in [0.3, 0.4) is 0 Å². The molecule has 1 aliphatic rings. The lowest BCUT2D eigenvalue weighted by Gasteiger charge is -2.38. The fourth-order valence-corrected chi connectivity index (χ4v) is 3.86. The van der Waals surface area contributed by atoms with Crippen molar-refractivity contribution >= 4 is 51.5 Å². The van der Waals surface area contributed by atoms with Crippen LogP contribution in [-0.2, 0) is 6.18 Å². The van der Waals surface area contributed by atoms with E-state index in [1.807, 2.05) is 0 Å². The fourth-order valence-electron chi connectivity index (χ4n) is 2.77. The number of hydrogen-bond donors (Lipinski definition) is 1. The highest BCUT2D eigenvalue weighted by Crippen LogP contribution is 2.36. The Bertz CT molecular complexity index is 676. The highest BCUT2D eigenvalue weighted by molar-refractivity contribution is 7.22. The topological polar surface area (TPSA) is 28.2 Å². The van der Waals surface area contributed by atoms with Crippen molar-refractivity contribution < 1.29 is 13.2 Å². The van der Waals surface area contributed by atoms with E-state index >= 15 is 0 Å². The lowest BCUT2D eigenvalue weighted by Crippen LogP contribution is -2.53. The van der Waals surface area contributed by atoms with Gasteiger partial charge in [-0.25, -0.2) is 4.98 Å². The Kier molecular flexibility index (Phi) is 7.16. The van der Waals surface area contributed by atoms with E-state index in [-0.39, 0.29) is 24.8 Å². The first-order valence-electron chi connectivity index (χ1n) is 7.31. The molecule has 1 aliphatic heterocycles. The smallest absolute Gasteiger partial charge is 0.342 e. The van der Waals surface area contributed by atoms with Crippen molar-refractivity contribution in [3.8, 4) is 0 Å². The van der Waals surface area contributed by atoms with Gasteiger partial charge in [0.15, 0.2) is 5.13 Å². The van der Waals surface area contributed by atoms with E-state index < -0.39 is 11.7 Å². The summed E-state index contributed by atoms with van der Waals surface area (Å²) in [6.45, 7) is 6.88. The highest BCUT2D eigenvalue weighted by Gasteiger charge is 2.31. The average Bonchev–Trinajstić information content (AvgIpc) is 2.89. The summed E-state index contributed by atoms with van der Waals surface area (Å²) in [5.74, 6) is 0.450. The number of fused-ring (bicyclic) bond motifs is 1. The number of anilines is 1. The van der Waals surface area contributed by atoms with E-state index in [0.29, 0.717) is 22.2 Å². The van der Waals surface area contributed by atoms with E-state index in [2.05, 4.69) is 29.0 Å². The zero-order valence-corrected chi connectivity index (χ0v) is 15.7. The molecule has 1 N–H and O–H groups in total. The molecule has 9 heteroatoms. The van der Waals surface area contributed by atoms with E-state index in [1.165, 1.54) is 23.5 Å². The number of alkyl halides is 3. The fraction of sp³-hybridized carbons (Fsp3) is 0.533. The van der Waals surface area contributed by atoms with Crippen molar-refractivity contribution in [1.82, 2.24) is 10.3 Å². The summed E-state index contributed by atoms with van der Waals surface area (Å²) in [6, 6.07) is 4.08. The van der Waals surface area contributed by atoms with Crippen molar-refractivity contribution in [3.63, 3.8) is 0 Å². The third-order valence-electron chi connectivity index (χ3n) is 4.00. The monoisotopic (exact) mass is 401 g/mol. The van der Waals surface area contributed by atoms with Crippen LogP contribution in [-0.4, -0.2) is 30.7 Å². The summed E-state index contributed by atoms with van der Waals surface area (Å²) < 4.78 is 39.0. The maximum absolute atomic E-state index is 12.8. The maximum atomic E-state index is 12.8. The molecule has 1 aromatic carbocycles. The first kappa shape index (κ1) is 21.3. The summed E-state index contributed by atoms with van der Waals surface area (Å²) in [4.78, 5) is 6.76. The summed E-state index contributed by atoms with van der Waals surface area (Å²) in [6.07, 6.45) is -4.31. The lowest BCUT2D eigenvalue weighted by molar-refractivity contribution is -0.137. The Hall–Kier alpha value is -0.760. The van der Waals surface area contributed by atoms with Crippen LogP contribution < -0.4 is 10.2 Å². The van der Waals surface area contributed by atoms with Gasteiger partial charge in [-0.3, -0.25) is 0 Å². The predicted molar refractivity (Wildman–Crippen MR) is 98.0 cm³/mol. The molecule has 0 spiro atoms. The highest BCUT2D eigenvalue weighted by atomic mass is 35.5. The standard InChI is InChI=1S/C15H18F3N3S.2ClH/c1-9(2)12-8-19-5-6-21(12)14-20-11-4-3-10(15(16,17)18)7-13(11)22-14;;/h3-4,7,9,12,19H,5-6,8H2,1-2H3;2*1H/t12-;;/m1../s1. The molecule has 3 nitrogen and oxygen atoms in total. The van der Waals surface area contributed by atoms with Crippen LogP contribution in [0.5, 0.6) is 0 Å². The molecule has 24 heavy (non-hydrogen) atoms. The third kappa shape index (κ3) is 4.25. The number of benzene rings is 1. The zero-order chi connectivity index (χ0) is 15.9. The van der Waals surface area contributed by atoms with E-state index in [1.54, 1.807) is 0 Å². The zero-order valence-electron chi connectivity index (χ0n) is 13.3. The van der Waals surface area contributed by atoms with Gasteiger partial charge in [0, 0.05) is 25.7 Å². The van der Waals surface area contributed by atoms with Crippen molar-refractivity contribution in [2.45, 2.75) is 26.1 Å². The van der Waals surface area contributed by atoms with Crippen molar-refractivity contribution in [1.29, 1.82) is 0 Å². The van der Waals surface area contributed by atoms with Crippen molar-refractivity contribution in [2.24, 2.45) is 5.92 Å². The summed E-state index contributed by atoms with van der Waals surface area (Å²) in [5, 5.41) is 4.18. The molecular formula is C15H20Cl2F3N3S. The van der Waals surface area contributed by atoms with E-state index in [0.717, 1.165) is 30.8 Å². The number of hydrogen-bond acceptors (Lipinski definition) is 4. The van der Waals surface area contributed by atoms with Crippen molar-refractivity contribution in [3.05, 3.63) is 23.8 Å². The number of thiazole rings is 1. The number of piperazine rings is 1. The van der Waals surface area contributed by atoms with Crippen LogP contribution in [0.15, 0.2) is 18.2 Å². The van der Waals surface area contributed by atoms with Gasteiger partial charge in [-0.15, -0.1) is 24.8 Å². The molecule has 136 valence electrons. The van der Waals surface area contributed by atoms with Crippen molar-refractivity contribution in [2.75, 3.05) is 24.5 Å². The number of nitrogens with zero attached hydrogens (tertiary/aromatic N) is 2. The molecule has 1 atom stereocenters. The van der Waals surface area contributed by atoms with Crippen LogP contribution in [0.1, 0.15) is 19.4 Å². The van der Waals surface area contributed by atoms with Gasteiger partial charge in [-0.2, -0.15) is 13.2 Å². The van der Waals surface area contributed by atoms with Gasteiger partial charge in [0.25, 0.3) is 0 Å². The number of nitrogens with one attached hydrogen (secondary N) is 1. The Morgan fingerprint density at radius 2 is 2.00 bits per heavy atom. The molecule has 3 rings (SSSR count). The molecular weight excluding hydrogens is 382 g/mol. The number of rotatable bonds is 2. The molecule has 0 saturated carbocycles. The van der Waals surface area contributed by atoms with Crippen LogP contribution in [0.25, 0.3) is 10.2 Å². The molecule has 1 fully saturated rings. The second-order valence-electron chi connectivity index (χ2n) is 5.89. The quantitative estimate of drug-likeness (QED) is 0.797. The first-order chi connectivity index (χ1) is 10.4. The van der Waals surface area contributed by atoms with Gasteiger partial charge in [-0.1, -0.05) is 25.2 Å². The molecule has 0 amide bonds. The van der Waals surface area contributed by atoms with Crippen LogP contribution in [0, 0.1) is 5.92 Å². The van der Waals surface area contributed by atoms with Gasteiger partial charge in [0.2, 0.25) is 0 Å². The average molecular weight is 402 g/mol. The molecule has 2 heterocycles. The van der Waals surface area contributed by atoms with E-state index in [4.69, 9.17) is 0 Å². The minimum Gasteiger partial charge on any atom is -0.342 e. The summed E-state index contributed by atoms with van der Waals surface area (Å²) in [7, 11) is 0. The first-order valence-corrected chi connectivity index (χ1v) is 8.13. The second kappa shape index (κ2) is 8.08. The number of aromatic nitrogens is 1. The SMILES string of the molecule is CC(C)[C@H]1CNCCN1c1nc2ccc(C(F)(F)F)cc2s1.Cl.Cl. The molecule has 0 radical (unpaired) electrons. The Balaban J connectivity index is 0.00000144. The molecule has 1 saturated heterocycles. The summed E-state index contributed by atoms with van der Waals surface area (Å²) >= 11 is 1.34. The van der Waals surface area contributed by atoms with Gasteiger partial charge in [0.05, 0.1) is 15.8 Å². The van der Waals surface area contributed by atoms with Crippen LogP contribution >= 0.6 is 36.2 Å². The van der Waals surface area contributed by atoms with Gasteiger partial charge >= 0.3 is 6.18 Å².